The van der Waals surface area contributed by atoms with Crippen molar-refractivity contribution in [2.24, 2.45) is 5.92 Å². The Bertz CT molecular complexity index is 256. The molecule has 2 rings (SSSR count). The molecule has 104 valence electrons. The van der Waals surface area contributed by atoms with Gasteiger partial charge in [-0.3, -0.25) is 4.79 Å². The molecule has 0 saturated carbocycles. The summed E-state index contributed by atoms with van der Waals surface area (Å²) in [6.45, 7) is 7.50. The number of hydrogen-bond acceptors (Lipinski definition) is 3. The number of amides is 1. The van der Waals surface area contributed by atoms with Crippen molar-refractivity contribution in [3.05, 3.63) is 0 Å². The van der Waals surface area contributed by atoms with Gasteiger partial charge in [-0.15, -0.1) is 0 Å². The Morgan fingerprint density at radius 3 is 2.72 bits per heavy atom. The molecule has 1 atom stereocenters. The second-order valence-electron chi connectivity index (χ2n) is 5.82. The van der Waals surface area contributed by atoms with E-state index in [0.717, 1.165) is 32.0 Å². The molecule has 2 N–H and O–H groups in total. The van der Waals surface area contributed by atoms with E-state index in [4.69, 9.17) is 0 Å². The molecule has 4 nitrogen and oxygen atoms in total. The predicted molar refractivity (Wildman–Crippen MR) is 73.5 cm³/mol. The highest BCUT2D eigenvalue weighted by atomic mass is 16.2. The Balaban J connectivity index is 1.58. The largest absolute Gasteiger partial charge is 0.353 e. The molecule has 2 aliphatic heterocycles. The van der Waals surface area contributed by atoms with Gasteiger partial charge in [0, 0.05) is 13.1 Å². The van der Waals surface area contributed by atoms with Crippen molar-refractivity contribution in [2.75, 3.05) is 32.7 Å². The van der Waals surface area contributed by atoms with E-state index in [2.05, 4.69) is 22.5 Å². The second kappa shape index (κ2) is 7.10. The van der Waals surface area contributed by atoms with Gasteiger partial charge in [-0.1, -0.05) is 13.3 Å². The summed E-state index contributed by atoms with van der Waals surface area (Å²) in [5.41, 5.74) is 0. The second-order valence-corrected chi connectivity index (χ2v) is 5.82. The van der Waals surface area contributed by atoms with Gasteiger partial charge in [0.05, 0.1) is 6.04 Å². The van der Waals surface area contributed by atoms with E-state index in [9.17, 15) is 4.79 Å². The first kappa shape index (κ1) is 13.8. The SMILES string of the molecule is CC1CCN(CCNC(=O)[C@@H]2CCCCN2)CC1. The molecule has 2 saturated heterocycles. The van der Waals surface area contributed by atoms with E-state index < -0.39 is 0 Å². The Kier molecular flexibility index (Phi) is 5.45. The van der Waals surface area contributed by atoms with Crippen molar-refractivity contribution in [2.45, 2.75) is 45.1 Å². The Hall–Kier alpha value is -0.610. The van der Waals surface area contributed by atoms with E-state index in [0.29, 0.717) is 0 Å². The van der Waals surface area contributed by atoms with Gasteiger partial charge in [0.1, 0.15) is 0 Å². The summed E-state index contributed by atoms with van der Waals surface area (Å²) in [6, 6.07) is 0.0557. The molecule has 18 heavy (non-hydrogen) atoms. The minimum absolute atomic E-state index is 0.0557. The summed E-state index contributed by atoms with van der Waals surface area (Å²) in [5.74, 6) is 1.07. The van der Waals surface area contributed by atoms with Crippen LogP contribution in [0.4, 0.5) is 0 Å². The fourth-order valence-electron chi connectivity index (χ4n) is 2.82. The van der Waals surface area contributed by atoms with Crippen molar-refractivity contribution >= 4 is 5.91 Å². The van der Waals surface area contributed by atoms with Crippen LogP contribution in [0.25, 0.3) is 0 Å². The molecule has 0 bridgehead atoms. The van der Waals surface area contributed by atoms with Crippen LogP contribution in [0.3, 0.4) is 0 Å². The van der Waals surface area contributed by atoms with Crippen LogP contribution in [0.15, 0.2) is 0 Å². The van der Waals surface area contributed by atoms with Gasteiger partial charge in [0.2, 0.25) is 5.91 Å². The maximum Gasteiger partial charge on any atom is 0.237 e. The van der Waals surface area contributed by atoms with Crippen LogP contribution in [0, 0.1) is 5.92 Å². The zero-order chi connectivity index (χ0) is 12.8. The van der Waals surface area contributed by atoms with Crippen LogP contribution in [0.1, 0.15) is 39.0 Å². The molecule has 4 heteroatoms. The molecule has 1 amide bonds. The normalized spacial score (nSPS) is 27.1. The van der Waals surface area contributed by atoms with Crippen molar-refractivity contribution in [1.29, 1.82) is 0 Å². The lowest BCUT2D eigenvalue weighted by atomic mass is 9.99. The maximum atomic E-state index is 11.9. The average Bonchev–Trinajstić information content (AvgIpc) is 2.42. The molecule has 0 aliphatic carbocycles. The van der Waals surface area contributed by atoms with Crippen LogP contribution in [-0.4, -0.2) is 49.6 Å². The minimum Gasteiger partial charge on any atom is -0.353 e. The van der Waals surface area contributed by atoms with Gasteiger partial charge in [-0.05, 0) is 51.2 Å². The molecule has 2 aliphatic rings. The van der Waals surface area contributed by atoms with Gasteiger partial charge in [-0.2, -0.15) is 0 Å². The first-order valence-corrected chi connectivity index (χ1v) is 7.49. The summed E-state index contributed by atoms with van der Waals surface area (Å²) in [6.07, 6.45) is 5.98. The van der Waals surface area contributed by atoms with E-state index in [1.54, 1.807) is 0 Å². The first-order valence-electron chi connectivity index (χ1n) is 7.49. The van der Waals surface area contributed by atoms with Crippen molar-refractivity contribution in [3.63, 3.8) is 0 Å². The summed E-state index contributed by atoms with van der Waals surface area (Å²) < 4.78 is 0. The van der Waals surface area contributed by atoms with Crippen LogP contribution < -0.4 is 10.6 Å². The van der Waals surface area contributed by atoms with Crippen molar-refractivity contribution in [1.82, 2.24) is 15.5 Å². The molecule has 2 heterocycles. The number of likely N-dealkylation sites (tertiary alicyclic amines) is 1. The summed E-state index contributed by atoms with van der Waals surface area (Å²) in [5, 5.41) is 6.36. The third-order valence-corrected chi connectivity index (χ3v) is 4.23. The third kappa shape index (κ3) is 4.25. The van der Waals surface area contributed by atoms with Crippen LogP contribution >= 0.6 is 0 Å². The molecule has 0 aromatic carbocycles. The minimum atomic E-state index is 0.0557. The molecule has 0 aromatic heterocycles. The monoisotopic (exact) mass is 253 g/mol. The number of rotatable bonds is 4. The molecule has 0 unspecified atom stereocenters. The summed E-state index contributed by atoms with van der Waals surface area (Å²) in [4.78, 5) is 14.4. The standard InChI is InChI=1S/C14H27N3O/c1-12-5-9-17(10-6-12)11-8-16-14(18)13-4-2-3-7-15-13/h12-13,15H,2-11H2,1H3,(H,16,18)/t13-/m0/s1. The predicted octanol–water partition coefficient (Wildman–Crippen LogP) is 0.977. The van der Waals surface area contributed by atoms with Gasteiger partial charge in [0.25, 0.3) is 0 Å². The highest BCUT2D eigenvalue weighted by Crippen LogP contribution is 2.15. The Labute approximate surface area is 110 Å². The van der Waals surface area contributed by atoms with Crippen LogP contribution in [0.2, 0.25) is 0 Å². The van der Waals surface area contributed by atoms with Gasteiger partial charge < -0.3 is 15.5 Å². The summed E-state index contributed by atoms with van der Waals surface area (Å²) in [7, 11) is 0. The van der Waals surface area contributed by atoms with Gasteiger partial charge in [0.15, 0.2) is 0 Å². The number of nitrogens with one attached hydrogen (secondary N) is 2. The first-order chi connectivity index (χ1) is 8.75. The van der Waals surface area contributed by atoms with Crippen LogP contribution in [0.5, 0.6) is 0 Å². The lowest BCUT2D eigenvalue weighted by Crippen LogP contribution is -2.48. The Morgan fingerprint density at radius 2 is 2.06 bits per heavy atom. The van der Waals surface area contributed by atoms with Crippen LogP contribution in [-0.2, 0) is 4.79 Å². The summed E-state index contributed by atoms with van der Waals surface area (Å²) >= 11 is 0. The molecule has 0 spiro atoms. The Morgan fingerprint density at radius 1 is 1.28 bits per heavy atom. The fourth-order valence-corrected chi connectivity index (χ4v) is 2.82. The highest BCUT2D eigenvalue weighted by molar-refractivity contribution is 5.81. The lowest BCUT2D eigenvalue weighted by Gasteiger charge is -2.30. The lowest BCUT2D eigenvalue weighted by molar-refractivity contribution is -0.123. The number of piperidine rings is 2. The number of carbonyl (C=O) groups excluding carboxylic acids is 1. The number of hydrogen-bond donors (Lipinski definition) is 2. The van der Waals surface area contributed by atoms with Gasteiger partial charge in [-0.25, -0.2) is 0 Å². The van der Waals surface area contributed by atoms with E-state index >= 15 is 0 Å². The molecule has 2 fully saturated rings. The van der Waals surface area contributed by atoms with Crippen molar-refractivity contribution in [3.8, 4) is 0 Å². The maximum absolute atomic E-state index is 11.9. The quantitative estimate of drug-likeness (QED) is 0.785. The molecule has 0 aromatic rings. The molecular weight excluding hydrogens is 226 g/mol. The number of nitrogens with zero attached hydrogens (tertiary/aromatic N) is 1. The molecule has 0 radical (unpaired) electrons. The average molecular weight is 253 g/mol. The highest BCUT2D eigenvalue weighted by Gasteiger charge is 2.20. The third-order valence-electron chi connectivity index (χ3n) is 4.23. The fraction of sp³-hybridized carbons (Fsp3) is 0.929. The molecular formula is C14H27N3O. The zero-order valence-electron chi connectivity index (χ0n) is 11.6. The number of carbonyl (C=O) groups is 1. The smallest absolute Gasteiger partial charge is 0.237 e. The zero-order valence-corrected chi connectivity index (χ0v) is 11.6. The topological polar surface area (TPSA) is 44.4 Å². The van der Waals surface area contributed by atoms with E-state index in [1.807, 2.05) is 0 Å². The van der Waals surface area contributed by atoms with E-state index in [1.165, 1.54) is 38.8 Å². The van der Waals surface area contributed by atoms with Crippen molar-refractivity contribution < 1.29 is 4.79 Å². The van der Waals surface area contributed by atoms with E-state index in [-0.39, 0.29) is 11.9 Å². The van der Waals surface area contributed by atoms with Gasteiger partial charge >= 0.3 is 0 Å².